The molecule has 122 valence electrons. The van der Waals surface area contributed by atoms with Crippen molar-refractivity contribution < 1.29 is 4.79 Å². The zero-order chi connectivity index (χ0) is 16.2. The van der Waals surface area contributed by atoms with Crippen LogP contribution in [-0.4, -0.2) is 30.4 Å². The van der Waals surface area contributed by atoms with Crippen LogP contribution in [0.15, 0.2) is 36.4 Å². The second-order valence-electron chi connectivity index (χ2n) is 5.57. The molecule has 1 aliphatic rings. The summed E-state index contributed by atoms with van der Waals surface area (Å²) < 4.78 is 0.770. The fourth-order valence-electron chi connectivity index (χ4n) is 2.87. The first kappa shape index (κ1) is 16.8. The third-order valence-electron chi connectivity index (χ3n) is 4.01. The van der Waals surface area contributed by atoms with Crippen LogP contribution in [-0.2, 0) is 11.2 Å². The largest absolute Gasteiger partial charge is 0.333 e. The normalized spacial score (nSPS) is 18.2. The van der Waals surface area contributed by atoms with E-state index in [1.54, 1.807) is 11.3 Å². The number of benzene rings is 1. The lowest BCUT2D eigenvalue weighted by Gasteiger charge is -2.36. The summed E-state index contributed by atoms with van der Waals surface area (Å²) in [5.41, 5.74) is 1.08. The Bertz CT molecular complexity index is 689. The van der Waals surface area contributed by atoms with Crippen molar-refractivity contribution in [3.8, 4) is 0 Å². The molecule has 1 aliphatic heterocycles. The zero-order valence-corrected chi connectivity index (χ0v) is 14.9. The Kier molecular flexibility index (Phi) is 5.59. The first-order valence-corrected chi connectivity index (χ1v) is 9.20. The second-order valence-corrected chi connectivity index (χ2v) is 7.80. The number of amides is 1. The molecule has 6 heteroatoms. The van der Waals surface area contributed by atoms with E-state index >= 15 is 0 Å². The molecule has 0 saturated carbocycles. The average molecular weight is 369 g/mol. The van der Waals surface area contributed by atoms with E-state index in [9.17, 15) is 4.79 Å². The molecule has 0 bridgehead atoms. The van der Waals surface area contributed by atoms with Crippen LogP contribution in [0.25, 0.3) is 0 Å². The van der Waals surface area contributed by atoms with Crippen molar-refractivity contribution in [2.24, 2.45) is 0 Å². The van der Waals surface area contributed by atoms with Gasteiger partial charge in [-0.15, -0.1) is 11.3 Å². The number of hydrogen-bond acceptors (Lipinski definition) is 3. The maximum atomic E-state index is 12.7. The maximum absolute atomic E-state index is 12.7. The molecule has 2 heterocycles. The molecular weight excluding hydrogens is 351 g/mol. The highest BCUT2D eigenvalue weighted by Gasteiger charge is 2.27. The minimum atomic E-state index is 0.0434. The molecule has 3 nitrogen and oxygen atoms in total. The fraction of sp³-hybridized carbons (Fsp3) is 0.353. The van der Waals surface area contributed by atoms with Gasteiger partial charge in [-0.2, -0.15) is 0 Å². The molecule has 1 saturated heterocycles. The SMILES string of the molecule is O=C(CCc1ccc(Cl)s1)N1CCNCC1c1cccc(Cl)c1. The highest BCUT2D eigenvalue weighted by molar-refractivity contribution is 7.16. The Morgan fingerprint density at radius 3 is 2.91 bits per heavy atom. The van der Waals surface area contributed by atoms with E-state index in [0.717, 1.165) is 40.8 Å². The van der Waals surface area contributed by atoms with Crippen LogP contribution in [0.3, 0.4) is 0 Å². The highest BCUT2D eigenvalue weighted by Crippen LogP contribution is 2.27. The van der Waals surface area contributed by atoms with E-state index in [0.29, 0.717) is 11.4 Å². The molecule has 0 spiro atoms. The monoisotopic (exact) mass is 368 g/mol. The molecule has 1 unspecified atom stereocenters. The molecule has 1 N–H and O–H groups in total. The van der Waals surface area contributed by atoms with Gasteiger partial charge in [0.15, 0.2) is 0 Å². The molecule has 1 amide bonds. The van der Waals surface area contributed by atoms with Crippen molar-refractivity contribution >= 4 is 40.4 Å². The van der Waals surface area contributed by atoms with Crippen LogP contribution in [0.1, 0.15) is 22.9 Å². The first-order valence-electron chi connectivity index (χ1n) is 7.63. The Balaban J connectivity index is 1.69. The number of nitrogens with zero attached hydrogens (tertiary/aromatic N) is 1. The van der Waals surface area contributed by atoms with Crippen LogP contribution < -0.4 is 5.32 Å². The summed E-state index contributed by atoms with van der Waals surface area (Å²) in [6.07, 6.45) is 1.25. The van der Waals surface area contributed by atoms with E-state index in [1.807, 2.05) is 41.3 Å². The Labute approximate surface area is 150 Å². The first-order chi connectivity index (χ1) is 11.1. The van der Waals surface area contributed by atoms with Gasteiger partial charge in [0.2, 0.25) is 5.91 Å². The number of carbonyl (C=O) groups excluding carboxylic acids is 1. The third-order valence-corrected chi connectivity index (χ3v) is 5.54. The van der Waals surface area contributed by atoms with Gasteiger partial charge < -0.3 is 10.2 Å². The molecule has 2 aromatic rings. The minimum absolute atomic E-state index is 0.0434. The van der Waals surface area contributed by atoms with Crippen molar-refractivity contribution in [1.29, 1.82) is 0 Å². The van der Waals surface area contributed by atoms with Gasteiger partial charge in [-0.3, -0.25) is 4.79 Å². The summed E-state index contributed by atoms with van der Waals surface area (Å²) in [6, 6.07) is 11.7. The van der Waals surface area contributed by atoms with Crippen molar-refractivity contribution in [3.05, 3.63) is 56.2 Å². The lowest BCUT2D eigenvalue weighted by Crippen LogP contribution is -2.48. The molecule has 23 heavy (non-hydrogen) atoms. The highest BCUT2D eigenvalue weighted by atomic mass is 35.5. The summed E-state index contributed by atoms with van der Waals surface area (Å²) in [6.45, 7) is 2.31. The molecule has 3 rings (SSSR count). The smallest absolute Gasteiger partial charge is 0.223 e. The summed E-state index contributed by atoms with van der Waals surface area (Å²) >= 11 is 13.6. The molecule has 1 atom stereocenters. The summed E-state index contributed by atoms with van der Waals surface area (Å²) in [7, 11) is 0. The summed E-state index contributed by atoms with van der Waals surface area (Å²) in [5.74, 6) is 0.181. The fourth-order valence-corrected chi connectivity index (χ4v) is 4.16. The molecule has 0 aliphatic carbocycles. The molecule has 1 fully saturated rings. The number of halogens is 2. The van der Waals surface area contributed by atoms with E-state index in [-0.39, 0.29) is 11.9 Å². The van der Waals surface area contributed by atoms with Crippen LogP contribution in [0, 0.1) is 0 Å². The predicted molar refractivity (Wildman–Crippen MR) is 96.4 cm³/mol. The molecular formula is C17H18Cl2N2OS. The van der Waals surface area contributed by atoms with E-state index in [1.165, 1.54) is 0 Å². The zero-order valence-electron chi connectivity index (χ0n) is 12.6. The van der Waals surface area contributed by atoms with Gasteiger partial charge in [-0.25, -0.2) is 0 Å². The van der Waals surface area contributed by atoms with Crippen molar-refractivity contribution in [3.63, 3.8) is 0 Å². The lowest BCUT2D eigenvalue weighted by atomic mass is 10.0. The standard InChI is InChI=1S/C17H18Cl2N2OS/c18-13-3-1-2-12(10-13)15-11-20-8-9-21(15)17(22)7-5-14-4-6-16(19)23-14/h1-4,6,10,15,20H,5,7-9,11H2. The number of thiophene rings is 1. The predicted octanol–water partition coefficient (Wildman–Crippen LogP) is 4.16. The third kappa shape index (κ3) is 4.27. The van der Waals surface area contributed by atoms with Gasteiger partial charge in [-0.1, -0.05) is 35.3 Å². The van der Waals surface area contributed by atoms with Crippen LogP contribution in [0.5, 0.6) is 0 Å². The topological polar surface area (TPSA) is 32.3 Å². The molecule has 0 radical (unpaired) electrons. The van der Waals surface area contributed by atoms with Crippen LogP contribution >= 0.6 is 34.5 Å². The lowest BCUT2D eigenvalue weighted by molar-refractivity contribution is -0.134. The van der Waals surface area contributed by atoms with Gasteiger partial charge in [0.1, 0.15) is 0 Å². The van der Waals surface area contributed by atoms with Crippen molar-refractivity contribution in [1.82, 2.24) is 10.2 Å². The number of rotatable bonds is 4. The second kappa shape index (κ2) is 7.67. The maximum Gasteiger partial charge on any atom is 0.223 e. The number of hydrogen-bond donors (Lipinski definition) is 1. The van der Waals surface area contributed by atoms with E-state index < -0.39 is 0 Å². The number of piperazine rings is 1. The van der Waals surface area contributed by atoms with Gasteiger partial charge in [0, 0.05) is 36.0 Å². The Morgan fingerprint density at radius 2 is 2.17 bits per heavy atom. The molecule has 1 aromatic heterocycles. The van der Waals surface area contributed by atoms with Gasteiger partial charge in [0.05, 0.1) is 10.4 Å². The van der Waals surface area contributed by atoms with E-state index in [2.05, 4.69) is 5.32 Å². The number of aryl methyl sites for hydroxylation is 1. The van der Waals surface area contributed by atoms with Crippen LogP contribution in [0.4, 0.5) is 0 Å². The number of nitrogens with one attached hydrogen (secondary N) is 1. The number of carbonyl (C=O) groups is 1. The minimum Gasteiger partial charge on any atom is -0.333 e. The van der Waals surface area contributed by atoms with Crippen molar-refractivity contribution in [2.45, 2.75) is 18.9 Å². The van der Waals surface area contributed by atoms with Gasteiger partial charge >= 0.3 is 0 Å². The Morgan fingerprint density at radius 1 is 1.30 bits per heavy atom. The Hall–Kier alpha value is -1.07. The van der Waals surface area contributed by atoms with Gasteiger partial charge in [0.25, 0.3) is 0 Å². The average Bonchev–Trinajstić information content (AvgIpc) is 2.98. The van der Waals surface area contributed by atoms with Crippen molar-refractivity contribution in [2.75, 3.05) is 19.6 Å². The van der Waals surface area contributed by atoms with E-state index in [4.69, 9.17) is 23.2 Å². The quantitative estimate of drug-likeness (QED) is 0.878. The van der Waals surface area contributed by atoms with Gasteiger partial charge in [-0.05, 0) is 36.2 Å². The van der Waals surface area contributed by atoms with Crippen LogP contribution in [0.2, 0.25) is 9.36 Å². The summed E-state index contributed by atoms with van der Waals surface area (Å²) in [4.78, 5) is 15.8. The summed E-state index contributed by atoms with van der Waals surface area (Å²) in [5, 5.41) is 4.06. The molecule has 1 aromatic carbocycles.